The molecule has 0 aliphatic rings. The molecule has 0 saturated heterocycles. The number of hydrogen-bond donors (Lipinski definition) is 2. The molecule has 2 atom stereocenters. The second kappa shape index (κ2) is 7.00. The lowest BCUT2D eigenvalue weighted by atomic mass is 10.0. The molecule has 0 spiro atoms. The van der Waals surface area contributed by atoms with Gasteiger partial charge in [0, 0.05) is 6.07 Å². The van der Waals surface area contributed by atoms with E-state index >= 15 is 0 Å². The lowest BCUT2D eigenvalue weighted by Gasteiger charge is -2.22. The molecule has 2 aromatic rings. The minimum atomic E-state index is -1.38. The molecular formula is C17H19F2NO4. The van der Waals surface area contributed by atoms with E-state index in [1.165, 1.54) is 19.9 Å². The van der Waals surface area contributed by atoms with E-state index in [0.717, 1.165) is 12.1 Å². The molecule has 1 heterocycles. The van der Waals surface area contributed by atoms with Crippen molar-refractivity contribution in [2.24, 2.45) is 0 Å². The number of aryl methyl sites for hydroxylation is 1. The Labute approximate surface area is 138 Å². The molecule has 2 rings (SSSR count). The van der Waals surface area contributed by atoms with E-state index < -0.39 is 29.2 Å². The number of halogens is 2. The van der Waals surface area contributed by atoms with Crippen LogP contribution in [0.2, 0.25) is 0 Å². The predicted octanol–water partition coefficient (Wildman–Crippen LogP) is 2.66. The van der Waals surface area contributed by atoms with Crippen LogP contribution < -0.4 is 10.1 Å². The van der Waals surface area contributed by atoms with Crippen molar-refractivity contribution in [2.45, 2.75) is 32.5 Å². The van der Waals surface area contributed by atoms with Crippen LogP contribution >= 0.6 is 0 Å². The number of hydrogen-bond acceptors (Lipinski definition) is 4. The van der Waals surface area contributed by atoms with Crippen molar-refractivity contribution in [1.82, 2.24) is 5.32 Å². The average molecular weight is 339 g/mol. The van der Waals surface area contributed by atoms with E-state index in [1.807, 2.05) is 0 Å². The van der Waals surface area contributed by atoms with Crippen LogP contribution in [0.3, 0.4) is 0 Å². The molecule has 0 saturated carbocycles. The minimum absolute atomic E-state index is 0.0324. The molecule has 0 aliphatic heterocycles. The molecule has 1 aromatic heterocycles. The van der Waals surface area contributed by atoms with Crippen LogP contribution in [-0.4, -0.2) is 23.7 Å². The summed E-state index contributed by atoms with van der Waals surface area (Å²) in [5.74, 6) is -1.56. The third-order valence-corrected chi connectivity index (χ3v) is 3.45. The Kier molecular flexibility index (Phi) is 5.23. The van der Waals surface area contributed by atoms with Gasteiger partial charge in [0.15, 0.2) is 17.7 Å². The maximum Gasteiger partial charge on any atom is 0.260 e. The quantitative estimate of drug-likeness (QED) is 0.849. The number of benzene rings is 1. The van der Waals surface area contributed by atoms with Gasteiger partial charge in [-0.2, -0.15) is 0 Å². The molecule has 7 heteroatoms. The standard InChI is InChI=1S/C17H19F2NO4/c1-10-4-7-15(23-10)17(3,22)9-20-16(21)11(2)24-12-5-6-13(18)14(19)8-12/h4-8,11,22H,9H2,1-3H3,(H,20,21). The maximum absolute atomic E-state index is 13.1. The van der Waals surface area contributed by atoms with Crippen LogP contribution in [0.25, 0.3) is 0 Å². The van der Waals surface area contributed by atoms with Crippen molar-refractivity contribution < 1.29 is 27.8 Å². The molecule has 0 bridgehead atoms. The van der Waals surface area contributed by atoms with Gasteiger partial charge in [0.2, 0.25) is 0 Å². The number of carbonyl (C=O) groups excluding carboxylic acids is 1. The highest BCUT2D eigenvalue weighted by molar-refractivity contribution is 5.80. The molecule has 1 aromatic carbocycles. The van der Waals surface area contributed by atoms with Gasteiger partial charge in [-0.15, -0.1) is 0 Å². The molecule has 130 valence electrons. The number of nitrogens with one attached hydrogen (secondary N) is 1. The van der Waals surface area contributed by atoms with Crippen molar-refractivity contribution in [3.63, 3.8) is 0 Å². The fraction of sp³-hybridized carbons (Fsp3) is 0.353. The second-order valence-electron chi connectivity index (χ2n) is 5.74. The minimum Gasteiger partial charge on any atom is -0.481 e. The lowest BCUT2D eigenvalue weighted by Crippen LogP contribution is -2.43. The third-order valence-electron chi connectivity index (χ3n) is 3.45. The Balaban J connectivity index is 1.92. The highest BCUT2D eigenvalue weighted by Gasteiger charge is 2.28. The van der Waals surface area contributed by atoms with Crippen LogP contribution in [0.4, 0.5) is 8.78 Å². The van der Waals surface area contributed by atoms with E-state index in [1.54, 1.807) is 19.1 Å². The Morgan fingerprint density at radius 1 is 1.33 bits per heavy atom. The summed E-state index contributed by atoms with van der Waals surface area (Å²) < 4.78 is 36.6. The summed E-state index contributed by atoms with van der Waals surface area (Å²) in [6, 6.07) is 6.34. The molecule has 24 heavy (non-hydrogen) atoms. The highest BCUT2D eigenvalue weighted by Crippen LogP contribution is 2.22. The Morgan fingerprint density at radius 3 is 2.62 bits per heavy atom. The van der Waals surface area contributed by atoms with Crippen LogP contribution in [0.15, 0.2) is 34.7 Å². The molecule has 0 aliphatic carbocycles. The zero-order chi connectivity index (χ0) is 17.9. The fourth-order valence-corrected chi connectivity index (χ4v) is 2.02. The summed E-state index contributed by atoms with van der Waals surface area (Å²) in [4.78, 5) is 12.0. The van der Waals surface area contributed by atoms with Gasteiger partial charge >= 0.3 is 0 Å². The third kappa shape index (κ3) is 4.32. The molecule has 5 nitrogen and oxygen atoms in total. The monoisotopic (exact) mass is 339 g/mol. The number of furan rings is 1. The number of rotatable bonds is 6. The summed E-state index contributed by atoms with van der Waals surface area (Å²) in [5.41, 5.74) is -1.38. The van der Waals surface area contributed by atoms with E-state index in [0.29, 0.717) is 11.5 Å². The van der Waals surface area contributed by atoms with Crippen molar-refractivity contribution >= 4 is 5.91 Å². The van der Waals surface area contributed by atoms with Gasteiger partial charge in [-0.05, 0) is 45.0 Å². The SMILES string of the molecule is Cc1ccc(C(C)(O)CNC(=O)C(C)Oc2ccc(F)c(F)c2)o1. The first-order valence-electron chi connectivity index (χ1n) is 7.38. The fourth-order valence-electron chi connectivity index (χ4n) is 2.02. The molecule has 0 radical (unpaired) electrons. The first-order chi connectivity index (χ1) is 11.2. The first kappa shape index (κ1) is 17.9. The number of carbonyl (C=O) groups is 1. The molecule has 0 fully saturated rings. The first-order valence-corrected chi connectivity index (χ1v) is 7.38. The van der Waals surface area contributed by atoms with Crippen LogP contribution in [0.1, 0.15) is 25.4 Å². The van der Waals surface area contributed by atoms with Crippen LogP contribution in [0.5, 0.6) is 5.75 Å². The van der Waals surface area contributed by atoms with Crippen molar-refractivity contribution in [2.75, 3.05) is 6.54 Å². The smallest absolute Gasteiger partial charge is 0.260 e. The van der Waals surface area contributed by atoms with Gasteiger partial charge in [0.25, 0.3) is 5.91 Å². The van der Waals surface area contributed by atoms with Crippen LogP contribution in [-0.2, 0) is 10.4 Å². The zero-order valence-corrected chi connectivity index (χ0v) is 13.6. The predicted molar refractivity (Wildman–Crippen MR) is 82.5 cm³/mol. The van der Waals surface area contributed by atoms with Crippen molar-refractivity contribution in [3.05, 3.63) is 53.5 Å². The topological polar surface area (TPSA) is 71.7 Å². The van der Waals surface area contributed by atoms with E-state index in [2.05, 4.69) is 5.32 Å². The molecule has 2 unspecified atom stereocenters. The van der Waals surface area contributed by atoms with Gasteiger partial charge in [-0.1, -0.05) is 0 Å². The van der Waals surface area contributed by atoms with Crippen molar-refractivity contribution in [1.29, 1.82) is 0 Å². The zero-order valence-electron chi connectivity index (χ0n) is 13.6. The van der Waals surface area contributed by atoms with Gasteiger partial charge < -0.3 is 19.6 Å². The van der Waals surface area contributed by atoms with E-state index in [4.69, 9.17) is 9.15 Å². The number of amides is 1. The second-order valence-corrected chi connectivity index (χ2v) is 5.74. The van der Waals surface area contributed by atoms with Gasteiger partial charge in [0.05, 0.1) is 6.54 Å². The Morgan fingerprint density at radius 2 is 2.04 bits per heavy atom. The summed E-state index contributed by atoms with van der Waals surface area (Å²) in [6.45, 7) is 4.62. The van der Waals surface area contributed by atoms with Gasteiger partial charge in [0.1, 0.15) is 22.9 Å². The Bertz CT molecular complexity index is 727. The number of ether oxygens (including phenoxy) is 1. The normalized spacial score (nSPS) is 14.8. The lowest BCUT2D eigenvalue weighted by molar-refractivity contribution is -0.128. The molecule has 1 amide bonds. The van der Waals surface area contributed by atoms with Crippen molar-refractivity contribution in [3.8, 4) is 5.75 Å². The Hall–Kier alpha value is -2.41. The average Bonchev–Trinajstić information content (AvgIpc) is 2.96. The largest absolute Gasteiger partial charge is 0.481 e. The molecular weight excluding hydrogens is 320 g/mol. The van der Waals surface area contributed by atoms with Gasteiger partial charge in [-0.3, -0.25) is 4.79 Å². The number of aliphatic hydroxyl groups is 1. The maximum atomic E-state index is 13.1. The molecule has 2 N–H and O–H groups in total. The summed E-state index contributed by atoms with van der Waals surface area (Å²) >= 11 is 0. The summed E-state index contributed by atoms with van der Waals surface area (Å²) in [5, 5.41) is 12.9. The summed E-state index contributed by atoms with van der Waals surface area (Å²) in [6.07, 6.45) is -0.955. The highest BCUT2D eigenvalue weighted by atomic mass is 19.2. The van der Waals surface area contributed by atoms with E-state index in [9.17, 15) is 18.7 Å². The van der Waals surface area contributed by atoms with E-state index in [-0.39, 0.29) is 12.3 Å². The van der Waals surface area contributed by atoms with Gasteiger partial charge in [-0.25, -0.2) is 8.78 Å². The van der Waals surface area contributed by atoms with Crippen LogP contribution in [0, 0.1) is 18.6 Å². The summed E-state index contributed by atoms with van der Waals surface area (Å²) in [7, 11) is 0.